The van der Waals surface area contributed by atoms with Crippen molar-refractivity contribution in [1.29, 1.82) is 0 Å². The van der Waals surface area contributed by atoms with Crippen LogP contribution < -0.4 is 5.32 Å². The van der Waals surface area contributed by atoms with Crippen LogP contribution in [0.2, 0.25) is 0 Å². The molecule has 200 valence electrons. The van der Waals surface area contributed by atoms with Gasteiger partial charge >= 0.3 is 0 Å². The van der Waals surface area contributed by atoms with Crippen LogP contribution in [0.1, 0.15) is 27.7 Å². The quantitative estimate of drug-likeness (QED) is 0.230. The van der Waals surface area contributed by atoms with Crippen LogP contribution in [-0.2, 0) is 20.7 Å². The van der Waals surface area contributed by atoms with Crippen LogP contribution >= 0.6 is 35.5 Å². The lowest BCUT2D eigenvalue weighted by Crippen LogP contribution is -2.70. The van der Waals surface area contributed by atoms with Gasteiger partial charge in [0.1, 0.15) is 23.2 Å². The molecule has 1 N–H and O–H groups in total. The first-order chi connectivity index (χ1) is 19.6. The molecule has 3 heterocycles. The minimum Gasteiger partial charge on any atom is -0.469 e. The number of aromatic nitrogens is 2. The summed E-state index contributed by atoms with van der Waals surface area (Å²) in [5, 5.41) is 6.86. The average molecular weight is 585 g/mol. The summed E-state index contributed by atoms with van der Waals surface area (Å²) in [7, 11) is 0. The summed E-state index contributed by atoms with van der Waals surface area (Å²) in [6.45, 7) is 0. The van der Waals surface area contributed by atoms with Crippen molar-refractivity contribution in [3.05, 3.63) is 124 Å². The molecule has 0 spiro atoms. The summed E-state index contributed by atoms with van der Waals surface area (Å²) in [6.07, 6.45) is 1.42. The molecule has 0 saturated carbocycles. The van der Waals surface area contributed by atoms with Crippen molar-refractivity contribution in [2.24, 2.45) is 0 Å². The minimum absolute atomic E-state index is 0.195. The molecule has 2 aliphatic rings. The first-order valence-corrected chi connectivity index (χ1v) is 14.9. The van der Waals surface area contributed by atoms with E-state index < -0.39 is 12.1 Å². The number of carbonyl (C=O) groups excluding carboxylic acids is 2. The molecule has 10 heteroatoms. The van der Waals surface area contributed by atoms with E-state index in [2.05, 4.69) is 14.9 Å². The Morgan fingerprint density at radius 1 is 1.00 bits per heavy atom. The molecule has 1 saturated heterocycles. The Labute approximate surface area is 245 Å². The lowest BCUT2D eigenvalue weighted by Gasteiger charge is -2.50. The van der Waals surface area contributed by atoms with Gasteiger partial charge in [-0.05, 0) is 40.4 Å². The summed E-state index contributed by atoms with van der Waals surface area (Å²) in [5.74, 6) is 0.161. The number of ether oxygens (including phenoxy) is 1. The largest absolute Gasteiger partial charge is 0.469 e. The first kappa shape index (κ1) is 26.4. The van der Waals surface area contributed by atoms with E-state index in [1.807, 2.05) is 91.0 Å². The molecule has 2 amide bonds. The number of β-lactam (4-membered cyclic amide) rings is 1. The Morgan fingerprint density at radius 2 is 1.62 bits per heavy atom. The minimum atomic E-state index is -0.640. The molecule has 0 aliphatic carbocycles. The summed E-state index contributed by atoms with van der Waals surface area (Å²) in [6, 6.07) is 28.6. The molecule has 0 bridgehead atoms. The van der Waals surface area contributed by atoms with E-state index in [9.17, 15) is 9.59 Å². The molecular formula is C30H24N4O3S3. The highest BCUT2D eigenvalue weighted by Gasteiger charge is 2.54. The topological polar surface area (TPSA) is 84.4 Å². The zero-order chi connectivity index (χ0) is 27.5. The van der Waals surface area contributed by atoms with E-state index in [1.165, 1.54) is 11.5 Å². The maximum Gasteiger partial charge on any atom is 0.253 e. The number of hydrogen-bond acceptors (Lipinski definition) is 8. The van der Waals surface area contributed by atoms with Crippen LogP contribution in [0.25, 0.3) is 5.57 Å². The Kier molecular flexibility index (Phi) is 7.72. The number of amides is 2. The fraction of sp³-hybridized carbons (Fsp3) is 0.167. The maximum absolute atomic E-state index is 13.6. The van der Waals surface area contributed by atoms with Gasteiger partial charge in [-0.2, -0.15) is 0 Å². The summed E-state index contributed by atoms with van der Waals surface area (Å²) in [4.78, 5) is 28.8. The predicted molar refractivity (Wildman–Crippen MR) is 160 cm³/mol. The van der Waals surface area contributed by atoms with Gasteiger partial charge in [-0.1, -0.05) is 95.5 Å². The van der Waals surface area contributed by atoms with E-state index in [1.54, 1.807) is 22.9 Å². The molecule has 40 heavy (non-hydrogen) atoms. The first-order valence-electron chi connectivity index (χ1n) is 12.7. The van der Waals surface area contributed by atoms with Crippen molar-refractivity contribution >= 4 is 58.0 Å². The average Bonchev–Trinajstić information content (AvgIpc) is 3.54. The monoisotopic (exact) mass is 584 g/mol. The van der Waals surface area contributed by atoms with Gasteiger partial charge in [0, 0.05) is 11.3 Å². The standard InChI is InChI=1S/C30H24N4O3S3/c35-24(16-19-10-4-1-5-11-19)32-25-28(36)34-26(22(18-39-29(25)34)23-17-31-33-40-23)30(38)37-27(20-12-6-2-7-13-20)21-14-8-3-9-15-21/h1-15,17,25,27,29H,16,18H2,(H,32,35)/t25-,29-/m1/s1. The third-order valence-corrected chi connectivity index (χ3v) is 9.07. The Hall–Kier alpha value is -3.86. The third kappa shape index (κ3) is 5.30. The van der Waals surface area contributed by atoms with Crippen LogP contribution in [0.4, 0.5) is 0 Å². The van der Waals surface area contributed by atoms with E-state index in [0.717, 1.165) is 27.1 Å². The second-order valence-electron chi connectivity index (χ2n) is 9.33. The van der Waals surface area contributed by atoms with E-state index >= 15 is 0 Å². The van der Waals surface area contributed by atoms with Crippen molar-refractivity contribution in [2.45, 2.75) is 23.9 Å². The smallest absolute Gasteiger partial charge is 0.253 e. The lowest BCUT2D eigenvalue weighted by atomic mass is 10.0. The fourth-order valence-electron chi connectivity index (χ4n) is 4.85. The fourth-order valence-corrected chi connectivity index (χ4v) is 7.18. The van der Waals surface area contributed by atoms with Crippen molar-refractivity contribution in [3.63, 3.8) is 0 Å². The van der Waals surface area contributed by atoms with Gasteiger partial charge in [-0.3, -0.25) is 14.5 Å². The molecule has 0 radical (unpaired) electrons. The molecule has 4 aromatic rings. The van der Waals surface area contributed by atoms with Crippen LogP contribution in [0, 0.1) is 0 Å². The van der Waals surface area contributed by atoms with Gasteiger partial charge in [0.25, 0.3) is 5.91 Å². The summed E-state index contributed by atoms with van der Waals surface area (Å²) >= 11 is 8.75. The highest BCUT2D eigenvalue weighted by molar-refractivity contribution is 8.00. The van der Waals surface area contributed by atoms with Gasteiger partial charge in [-0.25, -0.2) is 0 Å². The van der Waals surface area contributed by atoms with Gasteiger partial charge < -0.3 is 10.1 Å². The Balaban J connectivity index is 1.28. The lowest BCUT2D eigenvalue weighted by molar-refractivity contribution is -0.145. The highest BCUT2D eigenvalue weighted by atomic mass is 32.2. The van der Waals surface area contributed by atoms with Gasteiger partial charge in [-0.15, -0.1) is 16.9 Å². The summed E-state index contributed by atoms with van der Waals surface area (Å²) < 4.78 is 10.6. The van der Waals surface area contributed by atoms with Crippen LogP contribution in [0.3, 0.4) is 0 Å². The van der Waals surface area contributed by atoms with E-state index in [4.69, 9.17) is 17.0 Å². The number of benzene rings is 3. The number of hydrogen-bond donors (Lipinski definition) is 1. The van der Waals surface area contributed by atoms with Crippen LogP contribution in [0.15, 0.2) is 103 Å². The van der Waals surface area contributed by atoms with Gasteiger partial charge in [0.2, 0.25) is 11.0 Å². The number of rotatable bonds is 8. The van der Waals surface area contributed by atoms with Crippen molar-refractivity contribution in [1.82, 2.24) is 19.8 Å². The SMILES string of the molecule is O=C(Cc1ccccc1)N[C@@H]1C(=O)N2C(C(=S)OC(c3ccccc3)c3ccccc3)=C(c3cnns3)CS[C@H]12. The summed E-state index contributed by atoms with van der Waals surface area (Å²) in [5.41, 5.74) is 4.17. The molecule has 6 rings (SSSR count). The highest BCUT2D eigenvalue weighted by Crippen LogP contribution is 2.45. The van der Waals surface area contributed by atoms with Crippen molar-refractivity contribution in [2.75, 3.05) is 5.75 Å². The van der Waals surface area contributed by atoms with Crippen LogP contribution in [-0.4, -0.2) is 48.5 Å². The van der Waals surface area contributed by atoms with Crippen LogP contribution in [0.5, 0.6) is 0 Å². The predicted octanol–water partition coefficient (Wildman–Crippen LogP) is 5.03. The maximum atomic E-state index is 13.6. The zero-order valence-corrected chi connectivity index (χ0v) is 23.6. The van der Waals surface area contributed by atoms with Gasteiger partial charge in [0.15, 0.2) is 0 Å². The van der Waals surface area contributed by atoms with E-state index in [0.29, 0.717) is 11.4 Å². The Bertz CT molecular complexity index is 1510. The molecule has 2 aliphatic heterocycles. The zero-order valence-electron chi connectivity index (χ0n) is 21.2. The molecule has 1 aromatic heterocycles. The van der Waals surface area contributed by atoms with E-state index in [-0.39, 0.29) is 28.7 Å². The number of fused-ring (bicyclic) bond motifs is 1. The Morgan fingerprint density at radius 3 is 2.23 bits per heavy atom. The molecule has 1 fully saturated rings. The number of nitrogens with zero attached hydrogens (tertiary/aromatic N) is 3. The van der Waals surface area contributed by atoms with Gasteiger partial charge in [0.05, 0.1) is 17.5 Å². The number of thioether (sulfide) groups is 1. The number of thiocarbonyl (C=S) groups is 1. The molecule has 0 unspecified atom stereocenters. The van der Waals surface area contributed by atoms with Crippen molar-refractivity contribution in [3.8, 4) is 0 Å². The number of carbonyl (C=O) groups is 2. The molecule has 2 atom stereocenters. The normalized spacial score (nSPS) is 18.2. The third-order valence-electron chi connectivity index (χ3n) is 6.77. The molecule has 3 aromatic carbocycles. The van der Waals surface area contributed by atoms with Crippen molar-refractivity contribution < 1.29 is 14.3 Å². The molecule has 7 nitrogen and oxygen atoms in total. The number of nitrogens with one attached hydrogen (secondary N) is 1. The second kappa shape index (κ2) is 11.7. The second-order valence-corrected chi connectivity index (χ2v) is 11.6. The molecular weight excluding hydrogens is 561 g/mol.